The molecule has 1 aliphatic rings. The minimum Gasteiger partial charge on any atom is -0.371 e. The summed E-state index contributed by atoms with van der Waals surface area (Å²) in [6, 6.07) is 9.48. The molecule has 2 atom stereocenters. The molecule has 4 nitrogen and oxygen atoms in total. The molecule has 1 heterocycles. The van der Waals surface area contributed by atoms with Crippen LogP contribution in [0, 0.1) is 0 Å². The summed E-state index contributed by atoms with van der Waals surface area (Å²) in [5.74, 6) is -1.40. The number of hydrogen-bond donors (Lipinski definition) is 0. The lowest BCUT2D eigenvalue weighted by Crippen LogP contribution is -2.56. The zero-order valence-electron chi connectivity index (χ0n) is 15.9. The highest BCUT2D eigenvalue weighted by atomic mass is 28.4. The van der Waals surface area contributed by atoms with Crippen LogP contribution in [0.1, 0.15) is 32.4 Å². The largest absolute Gasteiger partial charge is 0.371 e. The Morgan fingerprint density at radius 1 is 1.28 bits per heavy atom. The summed E-state index contributed by atoms with van der Waals surface area (Å²) >= 11 is 0. The van der Waals surface area contributed by atoms with Gasteiger partial charge in [-0.05, 0) is 29.8 Å². The van der Waals surface area contributed by atoms with E-state index >= 15 is 0 Å². The van der Waals surface area contributed by atoms with Gasteiger partial charge in [0.1, 0.15) is 0 Å². The summed E-state index contributed by atoms with van der Waals surface area (Å²) < 4.78 is 12.8. The van der Waals surface area contributed by atoms with Crippen molar-refractivity contribution in [1.29, 1.82) is 0 Å². The lowest BCUT2D eigenvalue weighted by molar-refractivity contribution is -0.206. The van der Waals surface area contributed by atoms with Crippen molar-refractivity contribution in [2.75, 3.05) is 6.54 Å². The first-order chi connectivity index (χ1) is 11.6. The first-order valence-electron chi connectivity index (χ1n) is 8.57. The van der Waals surface area contributed by atoms with Gasteiger partial charge in [0.25, 0.3) is 11.8 Å². The molecule has 1 unspecified atom stereocenters. The number of carbonyl (C=O) groups excluding carboxylic acids is 1. The molecule has 0 spiro atoms. The number of rotatable bonds is 6. The van der Waals surface area contributed by atoms with Gasteiger partial charge in [-0.15, -0.1) is 6.58 Å². The van der Waals surface area contributed by atoms with Gasteiger partial charge in [0, 0.05) is 6.54 Å². The van der Waals surface area contributed by atoms with Crippen molar-refractivity contribution < 1.29 is 14.0 Å². The Balaban J connectivity index is 2.45. The van der Waals surface area contributed by atoms with E-state index < -0.39 is 20.3 Å². The lowest BCUT2D eigenvalue weighted by Gasteiger charge is -2.44. The van der Waals surface area contributed by atoms with E-state index in [-0.39, 0.29) is 10.9 Å². The fraction of sp³-hybridized carbons (Fsp3) is 0.450. The molecule has 0 saturated carbocycles. The average Bonchev–Trinajstić information content (AvgIpc) is 2.81. The van der Waals surface area contributed by atoms with Crippen LogP contribution in [0.4, 0.5) is 0 Å². The zero-order valence-corrected chi connectivity index (χ0v) is 16.9. The van der Waals surface area contributed by atoms with Gasteiger partial charge in [-0.3, -0.25) is 9.69 Å². The van der Waals surface area contributed by atoms with Gasteiger partial charge in [0.15, 0.2) is 14.4 Å². The second-order valence-electron chi connectivity index (χ2n) is 7.84. The molecule has 1 aromatic rings. The van der Waals surface area contributed by atoms with Gasteiger partial charge in [-0.1, -0.05) is 63.8 Å². The van der Waals surface area contributed by atoms with Crippen LogP contribution in [0.3, 0.4) is 0 Å². The van der Waals surface area contributed by atoms with E-state index in [1.165, 1.54) is 0 Å². The molecule has 1 saturated heterocycles. The summed E-state index contributed by atoms with van der Waals surface area (Å²) in [6.45, 7) is 18.8. The van der Waals surface area contributed by atoms with E-state index in [0.29, 0.717) is 6.54 Å². The molecule has 0 aliphatic carbocycles. The second-order valence-corrected chi connectivity index (χ2v) is 12.6. The lowest BCUT2D eigenvalue weighted by atomic mass is 10.1. The first kappa shape index (κ1) is 19.6. The van der Waals surface area contributed by atoms with E-state index in [1.807, 2.05) is 30.3 Å². The van der Waals surface area contributed by atoms with E-state index in [0.717, 1.165) is 5.56 Å². The number of hydrogen-bond acceptors (Lipinski definition) is 3. The second kappa shape index (κ2) is 6.90. The Labute approximate surface area is 152 Å². The van der Waals surface area contributed by atoms with Crippen molar-refractivity contribution in [2.45, 2.75) is 50.9 Å². The quantitative estimate of drug-likeness (QED) is 0.549. The van der Waals surface area contributed by atoms with Crippen molar-refractivity contribution in [3.05, 3.63) is 61.2 Å². The number of ether oxygens (including phenoxy) is 1. The van der Waals surface area contributed by atoms with Crippen molar-refractivity contribution >= 4 is 14.2 Å². The molecule has 1 aliphatic heterocycles. The van der Waals surface area contributed by atoms with Crippen LogP contribution >= 0.6 is 0 Å². The first-order valence-corrected chi connectivity index (χ1v) is 11.5. The van der Waals surface area contributed by atoms with Crippen molar-refractivity contribution in [1.82, 2.24) is 4.90 Å². The van der Waals surface area contributed by atoms with Crippen LogP contribution < -0.4 is 0 Å². The van der Waals surface area contributed by atoms with E-state index in [4.69, 9.17) is 9.16 Å². The van der Waals surface area contributed by atoms with Crippen LogP contribution in [0.25, 0.3) is 0 Å². The van der Waals surface area contributed by atoms with Gasteiger partial charge < -0.3 is 9.16 Å². The number of nitrogens with zero attached hydrogens (tertiary/aromatic N) is 1. The number of carbonyl (C=O) groups is 1. The summed E-state index contributed by atoms with van der Waals surface area (Å²) in [5, 5.41) is -0.0277. The van der Waals surface area contributed by atoms with Gasteiger partial charge in [-0.2, -0.15) is 0 Å². The molecule has 25 heavy (non-hydrogen) atoms. The number of benzene rings is 1. The normalized spacial score (nSPS) is 24.4. The third kappa shape index (κ3) is 3.63. The Kier molecular flexibility index (Phi) is 5.42. The van der Waals surface area contributed by atoms with E-state index in [9.17, 15) is 4.79 Å². The van der Waals surface area contributed by atoms with Crippen molar-refractivity contribution in [3.8, 4) is 0 Å². The predicted octanol–water partition coefficient (Wildman–Crippen LogP) is 4.63. The molecular weight excluding hydrogens is 330 g/mol. The average molecular weight is 360 g/mol. The molecule has 0 radical (unpaired) electrons. The smallest absolute Gasteiger partial charge is 0.266 e. The van der Waals surface area contributed by atoms with Gasteiger partial charge in [0.2, 0.25) is 0 Å². The maximum Gasteiger partial charge on any atom is 0.266 e. The third-order valence-corrected chi connectivity index (χ3v) is 9.45. The summed E-state index contributed by atoms with van der Waals surface area (Å²) in [5.41, 5.74) is 0.809. The highest BCUT2D eigenvalue weighted by molar-refractivity contribution is 6.74. The molecule has 0 aromatic heterocycles. The minimum absolute atomic E-state index is 0.0277. The van der Waals surface area contributed by atoms with Gasteiger partial charge >= 0.3 is 0 Å². The van der Waals surface area contributed by atoms with Crippen LogP contribution in [0.15, 0.2) is 55.6 Å². The van der Waals surface area contributed by atoms with Crippen molar-refractivity contribution in [3.63, 3.8) is 0 Å². The molecule has 1 fully saturated rings. The fourth-order valence-electron chi connectivity index (χ4n) is 2.56. The Morgan fingerprint density at radius 2 is 1.88 bits per heavy atom. The maximum absolute atomic E-state index is 13.0. The SMILES string of the molecule is C=CCN1C(=O)[C@H](c2ccccc2)OC1(C=C)O[Si](C)(C)C(C)(C)C. The Bertz CT molecular complexity index is 651. The van der Waals surface area contributed by atoms with E-state index in [1.54, 1.807) is 17.1 Å². The molecule has 2 rings (SSSR count). The summed E-state index contributed by atoms with van der Waals surface area (Å²) in [4.78, 5) is 14.6. The zero-order chi connectivity index (χ0) is 18.9. The van der Waals surface area contributed by atoms with Gasteiger partial charge in [0.05, 0.1) is 0 Å². The predicted molar refractivity (Wildman–Crippen MR) is 103 cm³/mol. The highest BCUT2D eigenvalue weighted by Crippen LogP contribution is 2.45. The van der Waals surface area contributed by atoms with Crippen LogP contribution in [-0.2, 0) is 14.0 Å². The highest BCUT2D eigenvalue weighted by Gasteiger charge is 2.55. The maximum atomic E-state index is 13.0. The Morgan fingerprint density at radius 3 is 2.36 bits per heavy atom. The minimum atomic E-state index is -2.22. The third-order valence-electron chi connectivity index (χ3n) is 5.03. The van der Waals surface area contributed by atoms with Crippen LogP contribution in [-0.4, -0.2) is 31.6 Å². The Hall–Kier alpha value is -1.69. The van der Waals surface area contributed by atoms with Gasteiger partial charge in [-0.25, -0.2) is 0 Å². The van der Waals surface area contributed by atoms with Crippen LogP contribution in [0.5, 0.6) is 0 Å². The molecule has 1 amide bonds. The monoisotopic (exact) mass is 359 g/mol. The topological polar surface area (TPSA) is 38.8 Å². The molecule has 5 heteroatoms. The number of amides is 1. The fourth-order valence-corrected chi connectivity index (χ4v) is 3.84. The molecule has 0 N–H and O–H groups in total. The summed E-state index contributed by atoms with van der Waals surface area (Å²) in [7, 11) is -2.22. The molecular formula is C20H29NO3Si. The summed E-state index contributed by atoms with van der Waals surface area (Å²) in [6.07, 6.45) is 2.57. The molecule has 1 aromatic carbocycles. The van der Waals surface area contributed by atoms with Crippen molar-refractivity contribution in [2.24, 2.45) is 0 Å². The van der Waals surface area contributed by atoms with Crippen LogP contribution in [0.2, 0.25) is 18.1 Å². The standard InChI is InChI=1S/C20H29NO3Si/c1-8-15-21-18(22)17(16-13-11-10-12-14-16)23-20(21,9-2)24-25(6,7)19(3,4)5/h8-14,17H,1-2,15H2,3-7H3/t17-,20?/m0/s1. The van der Waals surface area contributed by atoms with E-state index in [2.05, 4.69) is 47.0 Å². The molecule has 136 valence electrons. The molecule has 0 bridgehead atoms.